The molecule has 26 heavy (non-hydrogen) atoms. The molecule has 0 radical (unpaired) electrons. The Morgan fingerprint density at radius 3 is 2.65 bits per heavy atom. The van der Waals surface area contributed by atoms with Crippen molar-refractivity contribution >= 4 is 41.3 Å². The largest absolute Gasteiger partial charge is 0.357 e. The summed E-state index contributed by atoms with van der Waals surface area (Å²) < 4.78 is 0. The van der Waals surface area contributed by atoms with E-state index in [1.807, 2.05) is 24.7 Å². The zero-order valence-electron chi connectivity index (χ0n) is 16.0. The number of pyridine rings is 1. The monoisotopic (exact) mass is 487 g/mol. The van der Waals surface area contributed by atoms with E-state index in [9.17, 15) is 0 Å². The smallest absolute Gasteiger partial charge is 0.191 e. The minimum Gasteiger partial charge on any atom is -0.357 e. The number of aromatic nitrogens is 2. The van der Waals surface area contributed by atoms with E-state index < -0.39 is 0 Å². The van der Waals surface area contributed by atoms with Gasteiger partial charge in [-0.25, -0.2) is 4.98 Å². The van der Waals surface area contributed by atoms with Crippen molar-refractivity contribution in [3.05, 3.63) is 46.2 Å². The van der Waals surface area contributed by atoms with Gasteiger partial charge in [0.05, 0.1) is 5.01 Å². The molecule has 2 aromatic rings. The van der Waals surface area contributed by atoms with Gasteiger partial charge in [-0.3, -0.25) is 9.98 Å². The van der Waals surface area contributed by atoms with Crippen molar-refractivity contribution in [2.24, 2.45) is 10.9 Å². The van der Waals surface area contributed by atoms with Gasteiger partial charge in [0.2, 0.25) is 0 Å². The Morgan fingerprint density at radius 1 is 1.27 bits per heavy atom. The molecule has 0 aliphatic rings. The highest BCUT2D eigenvalue weighted by atomic mass is 127. The first-order chi connectivity index (χ1) is 12.1. The van der Waals surface area contributed by atoms with Crippen molar-refractivity contribution in [1.82, 2.24) is 20.6 Å². The molecule has 0 bridgehead atoms. The second-order valence-corrected chi connectivity index (χ2v) is 7.72. The number of nitrogens with one attached hydrogen (secondary N) is 2. The maximum atomic E-state index is 4.80. The van der Waals surface area contributed by atoms with E-state index in [1.54, 1.807) is 11.3 Å². The number of guanidine groups is 1. The first-order valence-corrected chi connectivity index (χ1v) is 9.75. The van der Waals surface area contributed by atoms with Crippen molar-refractivity contribution < 1.29 is 0 Å². The fourth-order valence-corrected chi connectivity index (χ4v) is 3.42. The molecule has 0 aliphatic heterocycles. The summed E-state index contributed by atoms with van der Waals surface area (Å²) in [5, 5.41) is 7.90. The highest BCUT2D eigenvalue weighted by Gasteiger charge is 2.16. The molecular formula is C19H30IN5S. The molecule has 0 aromatic carbocycles. The summed E-state index contributed by atoms with van der Waals surface area (Å²) in [5.74, 6) is 1.74. The molecule has 144 valence electrons. The molecule has 2 N–H and O–H groups in total. The van der Waals surface area contributed by atoms with Crippen LogP contribution < -0.4 is 10.6 Å². The lowest BCUT2D eigenvalue weighted by Crippen LogP contribution is -2.38. The molecule has 1 unspecified atom stereocenters. The van der Waals surface area contributed by atoms with E-state index in [1.165, 1.54) is 10.4 Å². The van der Waals surface area contributed by atoms with Crippen molar-refractivity contribution in [3.63, 3.8) is 0 Å². The normalized spacial score (nSPS) is 12.6. The van der Waals surface area contributed by atoms with E-state index in [2.05, 4.69) is 54.4 Å². The van der Waals surface area contributed by atoms with Crippen LogP contribution in [0.3, 0.4) is 0 Å². The summed E-state index contributed by atoms with van der Waals surface area (Å²) in [5.41, 5.74) is 1.25. The van der Waals surface area contributed by atoms with Gasteiger partial charge >= 0.3 is 0 Å². The Labute approximate surface area is 178 Å². The molecule has 2 rings (SSSR count). The number of rotatable bonds is 8. The molecule has 0 saturated heterocycles. The third-order valence-corrected chi connectivity index (χ3v) is 4.98. The molecule has 2 heterocycles. The van der Waals surface area contributed by atoms with E-state index in [0.717, 1.165) is 37.0 Å². The van der Waals surface area contributed by atoms with Crippen LogP contribution in [0.4, 0.5) is 0 Å². The van der Waals surface area contributed by atoms with Gasteiger partial charge in [-0.2, -0.15) is 0 Å². The molecule has 0 amide bonds. The Bertz CT molecular complexity index is 657. The summed E-state index contributed by atoms with van der Waals surface area (Å²) in [6, 6.07) is 4.13. The summed E-state index contributed by atoms with van der Waals surface area (Å²) >= 11 is 1.75. The SMILES string of the molecule is CCNC(=NCC(c1cccnc1)C(C)C)NCCc1ncc(C)s1.I. The minimum atomic E-state index is 0. The lowest BCUT2D eigenvalue weighted by molar-refractivity contribution is 0.504. The average Bonchev–Trinajstić information content (AvgIpc) is 3.01. The van der Waals surface area contributed by atoms with Crippen molar-refractivity contribution in [2.75, 3.05) is 19.6 Å². The Morgan fingerprint density at radius 2 is 2.08 bits per heavy atom. The van der Waals surface area contributed by atoms with Crippen LogP contribution in [0, 0.1) is 12.8 Å². The lowest BCUT2D eigenvalue weighted by atomic mass is 9.89. The highest BCUT2D eigenvalue weighted by molar-refractivity contribution is 14.0. The van der Waals surface area contributed by atoms with Gasteiger partial charge in [-0.15, -0.1) is 35.3 Å². The van der Waals surface area contributed by atoms with Crippen molar-refractivity contribution in [1.29, 1.82) is 0 Å². The molecule has 0 aliphatic carbocycles. The maximum absolute atomic E-state index is 4.80. The average molecular weight is 487 g/mol. The summed E-state index contributed by atoms with van der Waals surface area (Å²) in [6.45, 7) is 11.1. The number of hydrogen-bond donors (Lipinski definition) is 2. The number of nitrogens with zero attached hydrogens (tertiary/aromatic N) is 3. The lowest BCUT2D eigenvalue weighted by Gasteiger charge is -2.20. The van der Waals surface area contributed by atoms with Crippen LogP contribution in [0.5, 0.6) is 0 Å². The topological polar surface area (TPSA) is 62.2 Å². The zero-order chi connectivity index (χ0) is 18.1. The molecule has 0 spiro atoms. The van der Waals surface area contributed by atoms with Crippen LogP contribution in [-0.2, 0) is 6.42 Å². The summed E-state index contributed by atoms with van der Waals surface area (Å²) in [7, 11) is 0. The molecule has 0 saturated carbocycles. The van der Waals surface area contributed by atoms with Gasteiger partial charge in [0, 0.05) is 55.4 Å². The maximum Gasteiger partial charge on any atom is 0.191 e. The van der Waals surface area contributed by atoms with Crippen LogP contribution in [0.25, 0.3) is 0 Å². The standard InChI is InChI=1S/C19H29N5S.HI/c1-5-21-19(22-10-8-18-23-11-15(4)25-18)24-13-17(14(2)3)16-7-6-9-20-12-16;/h6-7,9,11-12,14,17H,5,8,10,13H2,1-4H3,(H2,21,22,24);1H. The van der Waals surface area contributed by atoms with E-state index in [0.29, 0.717) is 11.8 Å². The van der Waals surface area contributed by atoms with Crippen LogP contribution in [0.1, 0.15) is 42.1 Å². The fraction of sp³-hybridized carbons (Fsp3) is 0.526. The molecular weight excluding hydrogens is 457 g/mol. The van der Waals surface area contributed by atoms with Crippen LogP contribution in [0.2, 0.25) is 0 Å². The molecule has 7 heteroatoms. The number of hydrogen-bond acceptors (Lipinski definition) is 4. The molecule has 2 aromatic heterocycles. The van der Waals surface area contributed by atoms with E-state index >= 15 is 0 Å². The van der Waals surface area contributed by atoms with Gasteiger partial charge in [0.25, 0.3) is 0 Å². The van der Waals surface area contributed by atoms with Gasteiger partial charge in [0.15, 0.2) is 5.96 Å². The summed E-state index contributed by atoms with van der Waals surface area (Å²) in [6.07, 6.45) is 6.61. The third-order valence-electron chi connectivity index (χ3n) is 4.01. The van der Waals surface area contributed by atoms with Crippen LogP contribution in [-0.4, -0.2) is 35.6 Å². The summed E-state index contributed by atoms with van der Waals surface area (Å²) in [4.78, 5) is 14.7. The van der Waals surface area contributed by atoms with Gasteiger partial charge in [-0.05, 0) is 31.4 Å². The molecule has 5 nitrogen and oxygen atoms in total. The highest BCUT2D eigenvalue weighted by Crippen LogP contribution is 2.23. The number of halogens is 1. The van der Waals surface area contributed by atoms with Gasteiger partial charge in [-0.1, -0.05) is 19.9 Å². The predicted octanol–water partition coefficient (Wildman–Crippen LogP) is 4.00. The van der Waals surface area contributed by atoms with Crippen molar-refractivity contribution in [2.45, 2.75) is 40.0 Å². The second kappa shape index (κ2) is 12.2. The van der Waals surface area contributed by atoms with Gasteiger partial charge in [0.1, 0.15) is 0 Å². The fourth-order valence-electron chi connectivity index (χ4n) is 2.63. The number of aryl methyl sites for hydroxylation is 1. The second-order valence-electron chi connectivity index (χ2n) is 6.40. The van der Waals surface area contributed by atoms with E-state index in [-0.39, 0.29) is 24.0 Å². The van der Waals surface area contributed by atoms with Gasteiger partial charge < -0.3 is 10.6 Å². The number of aliphatic imine (C=N–C) groups is 1. The minimum absolute atomic E-state index is 0. The first-order valence-electron chi connectivity index (χ1n) is 8.93. The Kier molecular flexibility index (Phi) is 10.7. The molecule has 1 atom stereocenters. The van der Waals surface area contributed by atoms with Crippen LogP contribution in [0.15, 0.2) is 35.7 Å². The van der Waals surface area contributed by atoms with Crippen molar-refractivity contribution in [3.8, 4) is 0 Å². The third kappa shape index (κ3) is 7.57. The van der Waals surface area contributed by atoms with Crippen LogP contribution >= 0.6 is 35.3 Å². The Hall–Kier alpha value is -1.22. The molecule has 0 fully saturated rings. The predicted molar refractivity (Wildman–Crippen MR) is 122 cm³/mol. The first kappa shape index (κ1) is 22.8. The quantitative estimate of drug-likeness (QED) is 0.336. The van der Waals surface area contributed by atoms with E-state index in [4.69, 9.17) is 4.99 Å². The Balaban J connectivity index is 0.00000338. The number of thiazole rings is 1. The zero-order valence-corrected chi connectivity index (χ0v) is 19.2.